The highest BCUT2D eigenvalue weighted by atomic mass is 16.2. The third-order valence-electron chi connectivity index (χ3n) is 5.33. The molecule has 1 saturated carbocycles. The van der Waals surface area contributed by atoms with Gasteiger partial charge in [0, 0.05) is 6.04 Å². The number of hydrogen-bond donors (Lipinski definition) is 1. The van der Waals surface area contributed by atoms with Crippen LogP contribution in [-0.4, -0.2) is 29.1 Å². The van der Waals surface area contributed by atoms with Gasteiger partial charge in [-0.1, -0.05) is 46.5 Å². The van der Waals surface area contributed by atoms with Gasteiger partial charge in [-0.05, 0) is 44.4 Å². The molecule has 0 bridgehead atoms. The Morgan fingerprint density at radius 2 is 1.57 bits per heavy atom. The van der Waals surface area contributed by atoms with E-state index in [1.807, 2.05) is 0 Å². The van der Waals surface area contributed by atoms with Crippen LogP contribution in [0.2, 0.25) is 0 Å². The van der Waals surface area contributed by atoms with E-state index in [1.54, 1.807) is 0 Å². The Balaban J connectivity index is 1.97. The fraction of sp³-hybridized carbons (Fsp3) is 0.944. The first kappa shape index (κ1) is 16.8. The molecule has 2 fully saturated rings. The van der Waals surface area contributed by atoms with Crippen LogP contribution in [0.25, 0.3) is 0 Å². The Bertz CT molecular complexity index is 323. The third kappa shape index (κ3) is 4.00. The van der Waals surface area contributed by atoms with Gasteiger partial charge in [0.25, 0.3) is 0 Å². The van der Waals surface area contributed by atoms with E-state index in [0.29, 0.717) is 18.1 Å². The summed E-state index contributed by atoms with van der Waals surface area (Å²) in [6.45, 7) is 6.67. The summed E-state index contributed by atoms with van der Waals surface area (Å²) < 4.78 is 0. The molecule has 0 radical (unpaired) electrons. The van der Waals surface area contributed by atoms with Crippen LogP contribution < -0.4 is 5.32 Å². The molecule has 0 aromatic rings. The smallest absolute Gasteiger partial charge is 0.241 e. The van der Waals surface area contributed by atoms with Gasteiger partial charge in [0.15, 0.2) is 0 Å². The first-order valence-electron chi connectivity index (χ1n) is 9.29. The van der Waals surface area contributed by atoms with Gasteiger partial charge in [0.2, 0.25) is 5.91 Å². The van der Waals surface area contributed by atoms with Gasteiger partial charge in [0.1, 0.15) is 0 Å². The van der Waals surface area contributed by atoms with Crippen LogP contribution in [0.3, 0.4) is 0 Å². The van der Waals surface area contributed by atoms with E-state index in [1.165, 1.54) is 38.5 Å². The maximum absolute atomic E-state index is 12.8. The molecule has 2 atom stereocenters. The molecule has 0 spiro atoms. The van der Waals surface area contributed by atoms with E-state index in [-0.39, 0.29) is 6.04 Å². The normalized spacial score (nSPS) is 33.7. The van der Waals surface area contributed by atoms with Gasteiger partial charge in [-0.3, -0.25) is 10.1 Å². The highest BCUT2D eigenvalue weighted by Crippen LogP contribution is 2.33. The van der Waals surface area contributed by atoms with Crippen molar-refractivity contribution in [2.45, 2.75) is 103 Å². The Morgan fingerprint density at radius 1 is 0.952 bits per heavy atom. The van der Waals surface area contributed by atoms with E-state index >= 15 is 0 Å². The molecule has 3 heteroatoms. The second kappa shape index (κ2) is 8.17. The second-order valence-corrected chi connectivity index (χ2v) is 7.02. The van der Waals surface area contributed by atoms with Gasteiger partial charge in [0.05, 0.1) is 12.2 Å². The third-order valence-corrected chi connectivity index (χ3v) is 5.33. The van der Waals surface area contributed by atoms with E-state index in [9.17, 15) is 4.79 Å². The van der Waals surface area contributed by atoms with E-state index in [2.05, 4.69) is 31.0 Å². The van der Waals surface area contributed by atoms with Gasteiger partial charge in [-0.25, -0.2) is 0 Å². The van der Waals surface area contributed by atoms with E-state index < -0.39 is 0 Å². The number of nitrogens with zero attached hydrogens (tertiary/aromatic N) is 1. The van der Waals surface area contributed by atoms with Crippen molar-refractivity contribution in [3.05, 3.63) is 0 Å². The lowest BCUT2D eigenvalue weighted by Gasteiger charge is -2.37. The number of carbonyl (C=O) groups excluding carboxylic acids is 1. The molecule has 1 N–H and O–H groups in total. The Hall–Kier alpha value is -0.570. The summed E-state index contributed by atoms with van der Waals surface area (Å²) in [6, 6.07) is 0.580. The summed E-state index contributed by atoms with van der Waals surface area (Å²) in [4.78, 5) is 15.0. The highest BCUT2D eigenvalue weighted by molar-refractivity contribution is 5.84. The van der Waals surface area contributed by atoms with Crippen molar-refractivity contribution in [1.29, 1.82) is 0 Å². The maximum atomic E-state index is 12.8. The zero-order valence-corrected chi connectivity index (χ0v) is 14.2. The van der Waals surface area contributed by atoms with Crippen LogP contribution in [0.1, 0.15) is 85.0 Å². The SMILES string of the molecule is CCCC1CCC(N2C(=O)C(CCC)NC2CCC)CC1. The maximum Gasteiger partial charge on any atom is 0.241 e. The van der Waals surface area contributed by atoms with E-state index in [4.69, 9.17) is 0 Å². The predicted octanol–water partition coefficient (Wildman–Crippen LogP) is 4.07. The predicted molar refractivity (Wildman–Crippen MR) is 88.0 cm³/mol. The van der Waals surface area contributed by atoms with Crippen molar-refractivity contribution in [3.63, 3.8) is 0 Å². The van der Waals surface area contributed by atoms with Crippen molar-refractivity contribution in [3.8, 4) is 0 Å². The Morgan fingerprint density at radius 3 is 2.14 bits per heavy atom. The van der Waals surface area contributed by atoms with Crippen LogP contribution in [0, 0.1) is 5.92 Å². The minimum atomic E-state index is 0.0833. The van der Waals surface area contributed by atoms with Crippen molar-refractivity contribution in [2.24, 2.45) is 5.92 Å². The van der Waals surface area contributed by atoms with Crippen molar-refractivity contribution >= 4 is 5.91 Å². The van der Waals surface area contributed by atoms with Crippen molar-refractivity contribution < 1.29 is 4.79 Å². The van der Waals surface area contributed by atoms with E-state index in [0.717, 1.165) is 31.6 Å². The van der Waals surface area contributed by atoms with Crippen LogP contribution >= 0.6 is 0 Å². The number of amides is 1. The molecule has 2 unspecified atom stereocenters. The average molecular weight is 294 g/mol. The number of carbonyl (C=O) groups is 1. The molecule has 1 amide bonds. The van der Waals surface area contributed by atoms with Crippen molar-refractivity contribution in [2.75, 3.05) is 0 Å². The Labute approximate surface area is 130 Å². The molecule has 1 aliphatic carbocycles. The summed E-state index contributed by atoms with van der Waals surface area (Å²) in [5.41, 5.74) is 0. The first-order valence-corrected chi connectivity index (χ1v) is 9.29. The molecule has 3 nitrogen and oxygen atoms in total. The second-order valence-electron chi connectivity index (χ2n) is 7.02. The Kier molecular flexibility index (Phi) is 6.53. The fourth-order valence-corrected chi connectivity index (χ4v) is 4.26. The summed E-state index contributed by atoms with van der Waals surface area (Å²) in [5, 5.41) is 3.60. The van der Waals surface area contributed by atoms with Crippen LogP contribution in [-0.2, 0) is 4.79 Å². The lowest BCUT2D eigenvalue weighted by molar-refractivity contribution is -0.133. The van der Waals surface area contributed by atoms with Crippen molar-refractivity contribution in [1.82, 2.24) is 10.2 Å². The molecule has 0 aromatic carbocycles. The van der Waals surface area contributed by atoms with Gasteiger partial charge in [-0.2, -0.15) is 0 Å². The fourth-order valence-electron chi connectivity index (χ4n) is 4.26. The largest absolute Gasteiger partial charge is 0.323 e. The molecule has 122 valence electrons. The summed E-state index contributed by atoms with van der Waals surface area (Å²) in [5.74, 6) is 1.29. The number of hydrogen-bond acceptors (Lipinski definition) is 2. The molecular formula is C18H34N2O. The number of nitrogens with one attached hydrogen (secondary N) is 1. The number of rotatable bonds is 7. The molecule has 0 aromatic heterocycles. The minimum absolute atomic E-state index is 0.0833. The average Bonchev–Trinajstić information content (AvgIpc) is 2.78. The minimum Gasteiger partial charge on any atom is -0.323 e. The quantitative estimate of drug-likeness (QED) is 0.767. The molecular weight excluding hydrogens is 260 g/mol. The lowest BCUT2D eigenvalue weighted by atomic mass is 9.82. The topological polar surface area (TPSA) is 32.3 Å². The van der Waals surface area contributed by atoms with Gasteiger partial charge in [-0.15, -0.1) is 0 Å². The molecule has 2 rings (SSSR count). The van der Waals surface area contributed by atoms with Crippen LogP contribution in [0.4, 0.5) is 0 Å². The molecule has 2 aliphatic rings. The first-order chi connectivity index (χ1) is 10.2. The summed E-state index contributed by atoms with van der Waals surface area (Å²) >= 11 is 0. The van der Waals surface area contributed by atoms with Crippen LogP contribution in [0.5, 0.6) is 0 Å². The standard InChI is InChI=1S/C18H34N2O/c1-4-7-14-10-12-15(13-11-14)20-17(9-6-3)19-16(8-5-2)18(20)21/h14-17,19H,4-13H2,1-3H3. The molecule has 1 saturated heterocycles. The zero-order chi connectivity index (χ0) is 15.2. The lowest BCUT2D eigenvalue weighted by Crippen LogP contribution is -2.46. The van der Waals surface area contributed by atoms with Gasteiger partial charge >= 0.3 is 0 Å². The molecule has 1 heterocycles. The zero-order valence-electron chi connectivity index (χ0n) is 14.2. The summed E-state index contributed by atoms with van der Waals surface area (Å²) in [6.07, 6.45) is 12.4. The monoisotopic (exact) mass is 294 g/mol. The highest BCUT2D eigenvalue weighted by Gasteiger charge is 2.42. The van der Waals surface area contributed by atoms with Crippen LogP contribution in [0.15, 0.2) is 0 Å². The summed E-state index contributed by atoms with van der Waals surface area (Å²) in [7, 11) is 0. The van der Waals surface area contributed by atoms with Gasteiger partial charge < -0.3 is 4.90 Å². The molecule has 1 aliphatic heterocycles. The molecule has 21 heavy (non-hydrogen) atoms.